The lowest BCUT2D eigenvalue weighted by atomic mass is 10.4. The third kappa shape index (κ3) is 3.40. The Balaban J connectivity index is 1.89. The molecule has 0 amide bonds. The molecule has 0 spiro atoms. The highest BCUT2D eigenvalue weighted by atomic mass is 15.3. The normalized spacial score (nSPS) is 11.0. The maximum atomic E-state index is 4.42. The van der Waals surface area contributed by atoms with E-state index in [2.05, 4.69) is 34.3 Å². The van der Waals surface area contributed by atoms with E-state index in [-0.39, 0.29) is 0 Å². The summed E-state index contributed by atoms with van der Waals surface area (Å²) in [5, 5.41) is 11.9. The predicted octanol–water partition coefficient (Wildman–Crippen LogP) is 1.04. The van der Waals surface area contributed by atoms with Gasteiger partial charge in [0.05, 0.1) is 19.3 Å². The lowest BCUT2D eigenvalue weighted by Gasteiger charge is -1.98. The van der Waals surface area contributed by atoms with Gasteiger partial charge in [-0.05, 0) is 19.9 Å². The second kappa shape index (κ2) is 6.30. The first-order valence-electron chi connectivity index (χ1n) is 6.42. The molecule has 2 rings (SSSR count). The molecule has 0 aliphatic rings. The lowest BCUT2D eigenvalue weighted by Crippen LogP contribution is -2.15. The predicted molar refractivity (Wildman–Crippen MR) is 69.0 cm³/mol. The van der Waals surface area contributed by atoms with Crippen LogP contribution in [-0.4, -0.2) is 31.1 Å². The summed E-state index contributed by atoms with van der Waals surface area (Å²) in [6, 6.07) is 0. The molecular formula is C12H20N6. The van der Waals surface area contributed by atoms with E-state index >= 15 is 0 Å². The van der Waals surface area contributed by atoms with Gasteiger partial charge in [0.15, 0.2) is 5.82 Å². The first-order valence-corrected chi connectivity index (χ1v) is 6.42. The van der Waals surface area contributed by atoms with Crippen molar-refractivity contribution in [2.75, 3.05) is 6.54 Å². The van der Waals surface area contributed by atoms with Crippen molar-refractivity contribution in [3.8, 4) is 0 Å². The van der Waals surface area contributed by atoms with Gasteiger partial charge in [0.2, 0.25) is 0 Å². The smallest absolute Gasteiger partial charge is 0.164 e. The summed E-state index contributed by atoms with van der Waals surface area (Å²) < 4.78 is 3.76. The molecule has 0 radical (unpaired) electrons. The highest BCUT2D eigenvalue weighted by Gasteiger charge is 2.03. The Morgan fingerprint density at radius 1 is 1.28 bits per heavy atom. The molecule has 2 aromatic heterocycles. The van der Waals surface area contributed by atoms with E-state index in [9.17, 15) is 0 Å². The van der Waals surface area contributed by atoms with Gasteiger partial charge in [-0.25, -0.2) is 9.67 Å². The number of nitrogens with one attached hydrogen (secondary N) is 1. The van der Waals surface area contributed by atoms with Gasteiger partial charge in [0.25, 0.3) is 0 Å². The van der Waals surface area contributed by atoms with Crippen LogP contribution in [0.25, 0.3) is 0 Å². The van der Waals surface area contributed by atoms with Crippen molar-refractivity contribution in [2.45, 2.75) is 39.9 Å². The number of hydrogen-bond donors (Lipinski definition) is 1. The molecule has 98 valence electrons. The number of hydrogen-bond acceptors (Lipinski definition) is 4. The highest BCUT2D eigenvalue weighted by Crippen LogP contribution is 2.01. The van der Waals surface area contributed by atoms with E-state index in [4.69, 9.17) is 0 Å². The Morgan fingerprint density at radius 2 is 2.17 bits per heavy atom. The molecule has 6 heteroatoms. The fourth-order valence-electron chi connectivity index (χ4n) is 1.72. The van der Waals surface area contributed by atoms with Crippen LogP contribution in [0.2, 0.25) is 0 Å². The molecule has 0 saturated heterocycles. The molecule has 0 aliphatic heterocycles. The minimum Gasteiger partial charge on any atom is -0.310 e. The van der Waals surface area contributed by atoms with Crippen LogP contribution in [0.15, 0.2) is 18.7 Å². The van der Waals surface area contributed by atoms with E-state index < -0.39 is 0 Å². The Kier molecular flexibility index (Phi) is 4.46. The Hall–Kier alpha value is -1.69. The highest BCUT2D eigenvalue weighted by molar-refractivity contribution is 5.04. The molecule has 0 aliphatic carbocycles. The van der Waals surface area contributed by atoms with Gasteiger partial charge < -0.3 is 5.32 Å². The quantitative estimate of drug-likeness (QED) is 0.744. The van der Waals surface area contributed by atoms with Crippen molar-refractivity contribution < 1.29 is 0 Å². The van der Waals surface area contributed by atoms with Gasteiger partial charge in [-0.3, -0.25) is 4.68 Å². The van der Waals surface area contributed by atoms with Crippen LogP contribution in [0.1, 0.15) is 31.7 Å². The van der Waals surface area contributed by atoms with Gasteiger partial charge >= 0.3 is 0 Å². The fraction of sp³-hybridized carbons (Fsp3) is 0.583. The molecular weight excluding hydrogens is 228 g/mol. The van der Waals surface area contributed by atoms with Crippen LogP contribution in [0.3, 0.4) is 0 Å². The summed E-state index contributed by atoms with van der Waals surface area (Å²) in [5.41, 5.74) is 1.15. The van der Waals surface area contributed by atoms with E-state index in [0.717, 1.165) is 44.0 Å². The zero-order valence-electron chi connectivity index (χ0n) is 11.0. The molecule has 1 N–H and O–H groups in total. The summed E-state index contributed by atoms with van der Waals surface area (Å²) in [6.07, 6.45) is 6.81. The molecule has 0 fully saturated rings. The monoisotopic (exact) mass is 248 g/mol. The maximum Gasteiger partial charge on any atom is 0.164 e. The molecule has 0 atom stereocenters. The molecule has 18 heavy (non-hydrogen) atoms. The minimum absolute atomic E-state index is 0.723. The number of nitrogens with zero attached hydrogens (tertiary/aromatic N) is 5. The van der Waals surface area contributed by atoms with Gasteiger partial charge in [0, 0.05) is 18.3 Å². The average Bonchev–Trinajstić information content (AvgIpc) is 3.00. The summed E-state index contributed by atoms with van der Waals surface area (Å²) in [6.45, 7) is 7.56. The number of aromatic nitrogens is 5. The third-order valence-electron chi connectivity index (χ3n) is 2.65. The summed E-state index contributed by atoms with van der Waals surface area (Å²) >= 11 is 0. The molecule has 2 aromatic rings. The Labute approximate surface area is 107 Å². The van der Waals surface area contributed by atoms with Crippen LogP contribution in [0.5, 0.6) is 0 Å². The molecule has 6 nitrogen and oxygen atoms in total. The molecule has 2 heterocycles. The first-order chi connectivity index (χ1) is 8.81. The standard InChI is InChI=1S/C12H20N6/c1-3-5-13-7-12-14-10-18(16-12)9-11-6-15-17(4-2)8-11/h6,8,10,13H,3-5,7,9H2,1-2H3. The first kappa shape index (κ1) is 12.8. The maximum absolute atomic E-state index is 4.42. The van der Waals surface area contributed by atoms with Crippen LogP contribution >= 0.6 is 0 Å². The average molecular weight is 248 g/mol. The molecule has 0 saturated carbocycles. The second-order valence-electron chi connectivity index (χ2n) is 4.24. The largest absolute Gasteiger partial charge is 0.310 e. The minimum atomic E-state index is 0.723. The topological polar surface area (TPSA) is 60.6 Å². The van der Waals surface area contributed by atoms with E-state index in [1.54, 1.807) is 6.33 Å². The van der Waals surface area contributed by atoms with Crippen LogP contribution in [-0.2, 0) is 19.6 Å². The van der Waals surface area contributed by atoms with Crippen molar-refractivity contribution in [3.05, 3.63) is 30.1 Å². The van der Waals surface area contributed by atoms with Crippen molar-refractivity contribution in [3.63, 3.8) is 0 Å². The van der Waals surface area contributed by atoms with E-state index in [1.165, 1.54) is 0 Å². The van der Waals surface area contributed by atoms with Crippen molar-refractivity contribution in [2.24, 2.45) is 0 Å². The van der Waals surface area contributed by atoms with Crippen LogP contribution in [0, 0.1) is 0 Å². The van der Waals surface area contributed by atoms with Gasteiger partial charge in [0.1, 0.15) is 6.33 Å². The number of aryl methyl sites for hydroxylation is 1. The Bertz CT molecular complexity index is 472. The zero-order chi connectivity index (χ0) is 12.8. The van der Waals surface area contributed by atoms with Crippen LogP contribution in [0.4, 0.5) is 0 Å². The van der Waals surface area contributed by atoms with Crippen molar-refractivity contribution in [1.29, 1.82) is 0 Å². The van der Waals surface area contributed by atoms with Crippen molar-refractivity contribution in [1.82, 2.24) is 29.9 Å². The lowest BCUT2D eigenvalue weighted by molar-refractivity contribution is 0.624. The number of rotatable bonds is 7. The summed E-state index contributed by atoms with van der Waals surface area (Å²) in [7, 11) is 0. The Morgan fingerprint density at radius 3 is 2.89 bits per heavy atom. The molecule has 0 aromatic carbocycles. The van der Waals surface area contributed by atoms with Gasteiger partial charge in [-0.15, -0.1) is 0 Å². The van der Waals surface area contributed by atoms with E-state index in [1.807, 2.05) is 21.8 Å². The summed E-state index contributed by atoms with van der Waals surface area (Å²) in [5.74, 6) is 0.839. The second-order valence-corrected chi connectivity index (χ2v) is 4.24. The van der Waals surface area contributed by atoms with Crippen molar-refractivity contribution >= 4 is 0 Å². The fourth-order valence-corrected chi connectivity index (χ4v) is 1.72. The van der Waals surface area contributed by atoms with Gasteiger partial charge in [-0.2, -0.15) is 10.2 Å². The zero-order valence-corrected chi connectivity index (χ0v) is 11.0. The van der Waals surface area contributed by atoms with Gasteiger partial charge in [-0.1, -0.05) is 6.92 Å². The third-order valence-corrected chi connectivity index (χ3v) is 2.65. The molecule has 0 bridgehead atoms. The van der Waals surface area contributed by atoms with Crippen LogP contribution < -0.4 is 5.32 Å². The SMILES string of the molecule is CCCNCc1ncn(Cc2cnn(CC)c2)n1. The molecule has 0 unspecified atom stereocenters. The summed E-state index contributed by atoms with van der Waals surface area (Å²) in [4.78, 5) is 4.27. The van der Waals surface area contributed by atoms with E-state index in [0.29, 0.717) is 0 Å².